The molecule has 0 saturated carbocycles. The van der Waals surface area contributed by atoms with E-state index in [0.717, 1.165) is 6.42 Å². The Morgan fingerprint density at radius 3 is 2.29 bits per heavy atom. The quantitative estimate of drug-likeness (QED) is 0.158. The molecule has 4 aromatic carbocycles. The van der Waals surface area contributed by atoms with Gasteiger partial charge in [-0.3, -0.25) is 3.11 Å². The molecule has 7 rings (SSSR count). The zero-order valence-electron chi connectivity index (χ0n) is 18.9. The van der Waals surface area contributed by atoms with Crippen LogP contribution in [0.2, 0.25) is 0 Å². The molecular formula is C31H23IN2. The van der Waals surface area contributed by atoms with Gasteiger partial charge < -0.3 is 4.57 Å². The fraction of sp³-hybridized carbons (Fsp3) is 0.0968. The van der Waals surface area contributed by atoms with Crippen molar-refractivity contribution in [1.29, 1.82) is 0 Å². The molecule has 2 nitrogen and oxygen atoms in total. The minimum atomic E-state index is 0.446. The van der Waals surface area contributed by atoms with Crippen LogP contribution in [0.3, 0.4) is 0 Å². The highest BCUT2D eigenvalue weighted by molar-refractivity contribution is 14.1. The summed E-state index contributed by atoms with van der Waals surface area (Å²) in [7, 11) is 2.15. The second-order valence-electron chi connectivity index (χ2n) is 9.27. The first-order valence-corrected chi connectivity index (χ1v) is 12.7. The summed E-state index contributed by atoms with van der Waals surface area (Å²) in [6.45, 7) is 0. The van der Waals surface area contributed by atoms with E-state index < -0.39 is 0 Å². The van der Waals surface area contributed by atoms with E-state index in [1.54, 1.807) is 0 Å². The molecular weight excluding hydrogens is 527 g/mol. The van der Waals surface area contributed by atoms with E-state index >= 15 is 0 Å². The van der Waals surface area contributed by atoms with Gasteiger partial charge in [0.15, 0.2) is 0 Å². The third-order valence-corrected chi connectivity index (χ3v) is 8.57. The molecule has 1 atom stereocenters. The van der Waals surface area contributed by atoms with E-state index in [9.17, 15) is 0 Å². The number of aromatic nitrogens is 1. The Labute approximate surface area is 213 Å². The van der Waals surface area contributed by atoms with Crippen LogP contribution in [-0.2, 0) is 7.05 Å². The van der Waals surface area contributed by atoms with Gasteiger partial charge in [0.1, 0.15) is 0 Å². The summed E-state index contributed by atoms with van der Waals surface area (Å²) in [4.78, 5) is 0. The number of allylic oxidation sites excluding steroid dienone is 4. The average molecular weight is 550 g/mol. The van der Waals surface area contributed by atoms with Crippen LogP contribution in [0.4, 0.5) is 5.69 Å². The van der Waals surface area contributed by atoms with Crippen LogP contribution >= 0.6 is 22.9 Å². The molecule has 0 N–H and O–H groups in total. The lowest BCUT2D eigenvalue weighted by molar-refractivity contribution is 0.843. The van der Waals surface area contributed by atoms with Crippen molar-refractivity contribution in [2.24, 2.45) is 7.05 Å². The largest absolute Gasteiger partial charge is 0.344 e. The monoisotopic (exact) mass is 550 g/mol. The smallest absolute Gasteiger partial charge is 0.0643 e. The third-order valence-electron chi connectivity index (χ3n) is 7.49. The van der Waals surface area contributed by atoms with Crippen LogP contribution < -0.4 is 3.11 Å². The Hall–Kier alpha value is -3.31. The molecule has 1 unspecified atom stereocenters. The van der Waals surface area contributed by atoms with Gasteiger partial charge in [-0.25, -0.2) is 0 Å². The van der Waals surface area contributed by atoms with Gasteiger partial charge in [0.05, 0.1) is 28.6 Å². The Kier molecular flexibility index (Phi) is 4.49. The molecule has 2 aliphatic rings. The first-order chi connectivity index (χ1) is 16.7. The van der Waals surface area contributed by atoms with Gasteiger partial charge in [-0.1, -0.05) is 72.8 Å². The first kappa shape index (κ1) is 20.1. The molecule has 0 radical (unpaired) electrons. The van der Waals surface area contributed by atoms with Gasteiger partial charge in [0.2, 0.25) is 0 Å². The fourth-order valence-electron chi connectivity index (χ4n) is 5.70. The Morgan fingerprint density at radius 2 is 1.41 bits per heavy atom. The van der Waals surface area contributed by atoms with Gasteiger partial charge >= 0.3 is 0 Å². The van der Waals surface area contributed by atoms with Crippen molar-refractivity contribution in [3.05, 3.63) is 120 Å². The summed E-state index contributed by atoms with van der Waals surface area (Å²) in [5.41, 5.74) is 12.0. The highest BCUT2D eigenvalue weighted by Gasteiger charge is 2.34. The van der Waals surface area contributed by atoms with E-state index in [1.165, 1.54) is 61.0 Å². The van der Waals surface area contributed by atoms with Crippen LogP contribution in [0.5, 0.6) is 0 Å². The van der Waals surface area contributed by atoms with E-state index in [-0.39, 0.29) is 0 Å². The molecule has 5 aromatic rings. The van der Waals surface area contributed by atoms with Crippen LogP contribution in [0, 0.1) is 0 Å². The highest BCUT2D eigenvalue weighted by atomic mass is 127. The molecule has 0 saturated heterocycles. The molecule has 1 aliphatic carbocycles. The zero-order chi connectivity index (χ0) is 22.8. The average Bonchev–Trinajstić information content (AvgIpc) is 3.35. The number of nitrogens with zero attached hydrogens (tertiary/aromatic N) is 2. The molecule has 3 heteroatoms. The van der Waals surface area contributed by atoms with E-state index in [4.69, 9.17) is 0 Å². The van der Waals surface area contributed by atoms with Gasteiger partial charge in [0.25, 0.3) is 0 Å². The number of benzene rings is 4. The van der Waals surface area contributed by atoms with Crippen LogP contribution in [0.15, 0.2) is 109 Å². The minimum absolute atomic E-state index is 0.446. The number of hydrogen-bond donors (Lipinski definition) is 0. The Balaban J connectivity index is 1.23. The van der Waals surface area contributed by atoms with Gasteiger partial charge in [-0.05, 0) is 64.6 Å². The molecule has 0 spiro atoms. The minimum Gasteiger partial charge on any atom is -0.344 e. The summed E-state index contributed by atoms with van der Waals surface area (Å²) in [5, 5.41) is 2.63. The third kappa shape index (κ3) is 2.93. The zero-order valence-corrected chi connectivity index (χ0v) is 21.0. The molecule has 1 aliphatic heterocycles. The standard InChI is InChI=1S/C31H23IN2/c1-33-28-8-4-2-6-24(28)26-18-22(14-16-29(26)33)20-10-12-21(13-11-20)23-15-17-31-27(19-23)25-7-3-5-9-30(25)34(31)32/h2-18,27H,19H2,1H3. The molecule has 0 bridgehead atoms. The van der Waals surface area contributed by atoms with Crippen molar-refractivity contribution in [2.45, 2.75) is 12.3 Å². The normalized spacial score (nSPS) is 17.0. The predicted octanol–water partition coefficient (Wildman–Crippen LogP) is 8.62. The lowest BCUT2D eigenvalue weighted by Gasteiger charge is -2.22. The summed E-state index contributed by atoms with van der Waals surface area (Å²) in [6, 6.07) is 33.4. The van der Waals surface area contributed by atoms with Crippen molar-refractivity contribution in [1.82, 2.24) is 4.57 Å². The van der Waals surface area contributed by atoms with Crippen molar-refractivity contribution >= 4 is 55.9 Å². The lowest BCUT2D eigenvalue weighted by Crippen LogP contribution is -2.09. The maximum Gasteiger partial charge on any atom is 0.0643 e. The van der Waals surface area contributed by atoms with Crippen LogP contribution in [0.1, 0.15) is 23.5 Å². The molecule has 2 heterocycles. The summed E-state index contributed by atoms with van der Waals surface area (Å²) < 4.78 is 4.60. The number of rotatable bonds is 2. The first-order valence-electron chi connectivity index (χ1n) is 11.7. The molecule has 1 aromatic heterocycles. The summed E-state index contributed by atoms with van der Waals surface area (Å²) in [6.07, 6.45) is 5.66. The number of hydrogen-bond acceptors (Lipinski definition) is 1. The van der Waals surface area contributed by atoms with Crippen molar-refractivity contribution in [3.8, 4) is 11.1 Å². The van der Waals surface area contributed by atoms with Gasteiger partial charge in [0, 0.05) is 40.5 Å². The number of para-hydroxylation sites is 2. The molecule has 0 amide bonds. The molecule has 164 valence electrons. The maximum atomic E-state index is 2.44. The summed E-state index contributed by atoms with van der Waals surface area (Å²) in [5.74, 6) is 0.446. The fourth-order valence-corrected chi connectivity index (χ4v) is 6.64. The molecule has 34 heavy (non-hydrogen) atoms. The van der Waals surface area contributed by atoms with Gasteiger partial charge in [-0.2, -0.15) is 0 Å². The Bertz CT molecular complexity index is 1650. The molecule has 0 fully saturated rings. The summed E-state index contributed by atoms with van der Waals surface area (Å²) >= 11 is 2.44. The number of anilines is 1. The van der Waals surface area contributed by atoms with E-state index in [1.807, 2.05) is 0 Å². The topological polar surface area (TPSA) is 8.17 Å². The van der Waals surface area contributed by atoms with Crippen LogP contribution in [0.25, 0.3) is 38.5 Å². The van der Waals surface area contributed by atoms with Gasteiger partial charge in [-0.15, -0.1) is 0 Å². The number of halogens is 1. The number of aryl methyl sites for hydroxylation is 1. The van der Waals surface area contributed by atoms with E-state index in [2.05, 4.69) is 141 Å². The SMILES string of the molecule is Cn1c2ccccc2c2cc(-c3ccc(C4=CC=C5C(C4)c4ccccc4N5I)cc3)ccc21. The second kappa shape index (κ2) is 7.60. The highest BCUT2D eigenvalue weighted by Crippen LogP contribution is 2.51. The number of fused-ring (bicyclic) bond motifs is 6. The lowest BCUT2D eigenvalue weighted by atomic mass is 9.85. The Morgan fingerprint density at radius 1 is 0.706 bits per heavy atom. The van der Waals surface area contributed by atoms with Crippen molar-refractivity contribution in [3.63, 3.8) is 0 Å². The second-order valence-corrected chi connectivity index (χ2v) is 10.2. The van der Waals surface area contributed by atoms with E-state index in [0.29, 0.717) is 5.92 Å². The van der Waals surface area contributed by atoms with Crippen molar-refractivity contribution < 1.29 is 0 Å². The predicted molar refractivity (Wildman–Crippen MR) is 152 cm³/mol. The maximum absolute atomic E-state index is 2.44. The van der Waals surface area contributed by atoms with Crippen molar-refractivity contribution in [2.75, 3.05) is 3.11 Å². The van der Waals surface area contributed by atoms with Crippen LogP contribution in [-0.4, -0.2) is 4.57 Å².